The number of aryl methyl sites for hydroxylation is 1. The second-order valence-electron chi connectivity index (χ2n) is 10.9. The summed E-state index contributed by atoms with van der Waals surface area (Å²) >= 11 is 0. The van der Waals surface area contributed by atoms with Crippen LogP contribution in [0.3, 0.4) is 0 Å². The Hall–Kier alpha value is -3.25. The van der Waals surface area contributed by atoms with E-state index in [2.05, 4.69) is 24.1 Å². The van der Waals surface area contributed by atoms with Crippen LogP contribution in [0.1, 0.15) is 62.1 Å². The van der Waals surface area contributed by atoms with Gasteiger partial charge in [0.15, 0.2) is 11.6 Å². The van der Waals surface area contributed by atoms with Gasteiger partial charge in [0.1, 0.15) is 18.1 Å². The van der Waals surface area contributed by atoms with E-state index in [0.717, 1.165) is 43.7 Å². The molecule has 0 radical (unpaired) electrons. The van der Waals surface area contributed by atoms with Gasteiger partial charge in [-0.25, -0.2) is 4.39 Å². The predicted molar refractivity (Wildman–Crippen MR) is 146 cm³/mol. The van der Waals surface area contributed by atoms with Crippen LogP contribution in [0.15, 0.2) is 54.6 Å². The molecule has 3 aromatic carbocycles. The highest BCUT2D eigenvalue weighted by Gasteiger charge is 2.38. The molecule has 1 unspecified atom stereocenters. The maximum atomic E-state index is 14.9. The van der Waals surface area contributed by atoms with Crippen LogP contribution in [0.4, 0.5) is 15.8 Å². The molecule has 5 nitrogen and oxygen atoms in total. The van der Waals surface area contributed by atoms with E-state index < -0.39 is 5.82 Å². The first-order chi connectivity index (χ1) is 17.8. The zero-order chi connectivity index (χ0) is 26.0. The molecule has 37 heavy (non-hydrogen) atoms. The van der Waals surface area contributed by atoms with Crippen LogP contribution >= 0.6 is 0 Å². The highest BCUT2D eigenvalue weighted by atomic mass is 19.1. The summed E-state index contributed by atoms with van der Waals surface area (Å²) in [6.07, 6.45) is 5.49. The lowest BCUT2D eigenvalue weighted by Crippen LogP contribution is -2.33. The molecule has 6 heteroatoms. The second kappa shape index (κ2) is 10.6. The zero-order valence-corrected chi connectivity index (χ0v) is 21.8. The molecule has 0 spiro atoms. The molecule has 1 aliphatic carbocycles. The zero-order valence-electron chi connectivity index (χ0n) is 21.8. The van der Waals surface area contributed by atoms with E-state index in [1.54, 1.807) is 24.3 Å². The van der Waals surface area contributed by atoms with Crippen LogP contribution in [0.5, 0.6) is 17.2 Å². The van der Waals surface area contributed by atoms with Crippen molar-refractivity contribution < 1.29 is 19.3 Å². The molecular weight excluding hydrogens is 467 g/mol. The van der Waals surface area contributed by atoms with Crippen molar-refractivity contribution in [3.05, 3.63) is 77.1 Å². The summed E-state index contributed by atoms with van der Waals surface area (Å²) in [5.41, 5.74) is 4.64. The third kappa shape index (κ3) is 5.54. The average Bonchev–Trinajstić information content (AvgIpc) is 2.86. The Labute approximate surface area is 218 Å². The van der Waals surface area contributed by atoms with Gasteiger partial charge in [0, 0.05) is 30.1 Å². The van der Waals surface area contributed by atoms with Crippen molar-refractivity contribution in [2.45, 2.75) is 57.3 Å². The van der Waals surface area contributed by atoms with E-state index in [0.29, 0.717) is 18.0 Å². The van der Waals surface area contributed by atoms with Gasteiger partial charge in [-0.1, -0.05) is 32.4 Å². The third-order valence-electron chi connectivity index (χ3n) is 8.09. The van der Waals surface area contributed by atoms with Crippen molar-refractivity contribution in [1.82, 2.24) is 4.90 Å². The van der Waals surface area contributed by atoms with Crippen LogP contribution in [0.2, 0.25) is 0 Å². The fraction of sp³-hybridized carbons (Fsp3) is 0.419. The summed E-state index contributed by atoms with van der Waals surface area (Å²) in [7, 11) is 0. The number of hydrogen-bond donors (Lipinski definition) is 3. The molecule has 3 N–H and O–H groups in total. The van der Waals surface area contributed by atoms with Gasteiger partial charge in [0.05, 0.1) is 0 Å². The van der Waals surface area contributed by atoms with Crippen LogP contribution in [0, 0.1) is 5.82 Å². The number of piperidine rings is 1. The minimum absolute atomic E-state index is 0.156. The standard InChI is InChI=1S/C31H37FN2O3/c1-31(2)26-12-9-23(35)18-21(26)6-11-27(31)25-10-8-24(36)20-29(25)33-22-7-13-30(28(32)19-22)37-17-16-34-14-4-3-5-15-34/h7-10,12-13,18-20,27,33,35-36H,3-6,11,14-17H2,1-2H3. The van der Waals surface area contributed by atoms with Gasteiger partial charge in [-0.2, -0.15) is 0 Å². The van der Waals surface area contributed by atoms with Crippen molar-refractivity contribution in [3.8, 4) is 17.2 Å². The predicted octanol–water partition coefficient (Wildman–Crippen LogP) is 6.85. The number of ether oxygens (including phenoxy) is 1. The Morgan fingerprint density at radius 2 is 1.73 bits per heavy atom. The summed E-state index contributed by atoms with van der Waals surface area (Å²) < 4.78 is 20.7. The Morgan fingerprint density at radius 3 is 2.51 bits per heavy atom. The normalized spacial score (nSPS) is 19.3. The van der Waals surface area contributed by atoms with Crippen LogP contribution in [0.25, 0.3) is 0 Å². The first-order valence-electron chi connectivity index (χ1n) is 13.4. The molecule has 196 valence electrons. The van der Waals surface area contributed by atoms with Crippen molar-refractivity contribution in [2.24, 2.45) is 0 Å². The van der Waals surface area contributed by atoms with Crippen LogP contribution in [-0.2, 0) is 11.8 Å². The quantitative estimate of drug-likeness (QED) is 0.328. The Morgan fingerprint density at radius 1 is 0.973 bits per heavy atom. The Balaban J connectivity index is 1.33. The number of phenols is 2. The molecule has 5 rings (SSSR count). The number of phenolic OH excluding ortho intramolecular Hbond substituents is 2. The highest BCUT2D eigenvalue weighted by molar-refractivity contribution is 5.67. The number of rotatable bonds is 7. The van der Waals surface area contributed by atoms with Gasteiger partial charge in [-0.15, -0.1) is 0 Å². The van der Waals surface area contributed by atoms with E-state index in [1.165, 1.54) is 36.5 Å². The van der Waals surface area contributed by atoms with E-state index >= 15 is 0 Å². The number of halogens is 1. The molecule has 0 bridgehead atoms. The number of hydrogen-bond acceptors (Lipinski definition) is 5. The molecule has 1 saturated heterocycles. The summed E-state index contributed by atoms with van der Waals surface area (Å²) in [5, 5.41) is 23.6. The molecule has 2 aliphatic rings. The lowest BCUT2D eigenvalue weighted by molar-refractivity contribution is 0.180. The topological polar surface area (TPSA) is 65.0 Å². The molecule has 1 fully saturated rings. The van der Waals surface area contributed by atoms with Gasteiger partial charge < -0.3 is 20.3 Å². The van der Waals surface area contributed by atoms with Crippen LogP contribution < -0.4 is 10.1 Å². The minimum atomic E-state index is -0.405. The van der Waals surface area contributed by atoms with Crippen molar-refractivity contribution >= 4 is 11.4 Å². The number of anilines is 2. The van der Waals surface area contributed by atoms with Gasteiger partial charge in [0.2, 0.25) is 0 Å². The van der Waals surface area contributed by atoms with Crippen molar-refractivity contribution in [1.29, 1.82) is 0 Å². The van der Waals surface area contributed by atoms with Gasteiger partial charge in [-0.05, 0) is 97.1 Å². The number of nitrogens with one attached hydrogen (secondary N) is 1. The third-order valence-corrected chi connectivity index (χ3v) is 8.09. The van der Waals surface area contributed by atoms with E-state index in [1.807, 2.05) is 24.3 Å². The maximum absolute atomic E-state index is 14.9. The molecular formula is C31H37FN2O3. The lowest BCUT2D eigenvalue weighted by Gasteiger charge is -2.41. The number of likely N-dealkylation sites (tertiary alicyclic amines) is 1. The maximum Gasteiger partial charge on any atom is 0.167 e. The first-order valence-corrected chi connectivity index (χ1v) is 13.4. The molecule has 0 amide bonds. The van der Waals surface area contributed by atoms with Crippen molar-refractivity contribution in [2.75, 3.05) is 31.6 Å². The lowest BCUT2D eigenvalue weighted by atomic mass is 9.63. The fourth-order valence-corrected chi connectivity index (χ4v) is 6.08. The number of nitrogens with zero attached hydrogens (tertiary/aromatic N) is 1. The number of benzene rings is 3. The van der Waals surface area contributed by atoms with Gasteiger partial charge >= 0.3 is 0 Å². The smallest absolute Gasteiger partial charge is 0.167 e. The van der Waals surface area contributed by atoms with Gasteiger partial charge in [0.25, 0.3) is 0 Å². The average molecular weight is 505 g/mol. The summed E-state index contributed by atoms with van der Waals surface area (Å²) in [6, 6.07) is 15.9. The molecule has 0 aromatic heterocycles. The van der Waals surface area contributed by atoms with E-state index in [9.17, 15) is 14.6 Å². The number of aromatic hydroxyl groups is 2. The molecule has 1 heterocycles. The largest absolute Gasteiger partial charge is 0.508 e. The first kappa shape index (κ1) is 25.4. The minimum Gasteiger partial charge on any atom is -0.508 e. The second-order valence-corrected chi connectivity index (χ2v) is 10.9. The fourth-order valence-electron chi connectivity index (χ4n) is 6.08. The van der Waals surface area contributed by atoms with Crippen molar-refractivity contribution in [3.63, 3.8) is 0 Å². The Bertz CT molecular complexity index is 1250. The Kier molecular flexibility index (Phi) is 7.29. The highest BCUT2D eigenvalue weighted by Crippen LogP contribution is 2.49. The number of fused-ring (bicyclic) bond motifs is 1. The molecule has 0 saturated carbocycles. The van der Waals surface area contributed by atoms with E-state index in [-0.39, 0.29) is 22.8 Å². The monoisotopic (exact) mass is 504 g/mol. The molecule has 1 aliphatic heterocycles. The van der Waals surface area contributed by atoms with Crippen LogP contribution in [-0.4, -0.2) is 41.4 Å². The summed E-state index contributed by atoms with van der Waals surface area (Å²) in [6.45, 7) is 7.90. The molecule has 1 atom stereocenters. The SMILES string of the molecule is CC1(C)c2ccc(O)cc2CCC1c1ccc(O)cc1Nc1ccc(OCCN2CCCCC2)c(F)c1. The van der Waals surface area contributed by atoms with Gasteiger partial charge in [-0.3, -0.25) is 4.90 Å². The van der Waals surface area contributed by atoms with E-state index in [4.69, 9.17) is 4.74 Å². The molecule has 3 aromatic rings. The summed E-state index contributed by atoms with van der Waals surface area (Å²) in [5.74, 6) is 0.475. The summed E-state index contributed by atoms with van der Waals surface area (Å²) in [4.78, 5) is 2.37.